The van der Waals surface area contributed by atoms with Gasteiger partial charge in [0.2, 0.25) is 0 Å². The van der Waals surface area contributed by atoms with Gasteiger partial charge < -0.3 is 10.2 Å². The first-order valence-electron chi connectivity index (χ1n) is 3.38. The van der Waals surface area contributed by atoms with Crippen LogP contribution in [0.4, 0.5) is 8.78 Å². The van der Waals surface area contributed by atoms with E-state index < -0.39 is 12.3 Å². The number of carbonyl (C=O) groups is 1. The number of carbonyl (C=O) groups excluding carboxylic acids is 1. The zero-order chi connectivity index (χ0) is 8.43. The molecule has 1 amide bonds. The topological polar surface area (TPSA) is 32.3 Å². The molecule has 1 fully saturated rings. The van der Waals surface area contributed by atoms with Crippen LogP contribution in [0, 0.1) is 0 Å². The van der Waals surface area contributed by atoms with Gasteiger partial charge in [-0.25, -0.2) is 0 Å². The number of rotatable bonds is 2. The normalized spacial score (nSPS) is 18.2. The third-order valence-electron chi connectivity index (χ3n) is 1.84. The maximum atomic E-state index is 11.8. The van der Waals surface area contributed by atoms with Crippen molar-refractivity contribution in [1.29, 1.82) is 0 Å². The molecule has 1 aliphatic rings. The van der Waals surface area contributed by atoms with Gasteiger partial charge in [0.25, 0.3) is 5.91 Å². The van der Waals surface area contributed by atoms with Gasteiger partial charge in [-0.15, -0.1) is 0 Å². The van der Waals surface area contributed by atoms with Crippen molar-refractivity contribution >= 4 is 5.91 Å². The number of hydrogen-bond acceptors (Lipinski definition) is 2. The summed E-state index contributed by atoms with van der Waals surface area (Å²) in [5.41, 5.74) is 0. The second-order valence-corrected chi connectivity index (χ2v) is 2.56. The van der Waals surface area contributed by atoms with E-state index in [1.165, 1.54) is 7.05 Å². The second-order valence-electron chi connectivity index (χ2n) is 2.56. The van der Waals surface area contributed by atoms with E-state index in [2.05, 4.69) is 5.32 Å². The maximum absolute atomic E-state index is 11.8. The predicted octanol–water partition coefficient (Wildman–Crippen LogP) is -0.318. The van der Waals surface area contributed by atoms with E-state index in [4.69, 9.17) is 0 Å². The Kier molecular flexibility index (Phi) is 2.38. The summed E-state index contributed by atoms with van der Waals surface area (Å²) in [6, 6.07) is -0.0449. The number of hydrogen-bond donors (Lipinski definition) is 1. The van der Waals surface area contributed by atoms with Crippen LogP contribution in [0.15, 0.2) is 0 Å². The average Bonchev–Trinajstić information content (AvgIpc) is 1.82. The third-order valence-corrected chi connectivity index (χ3v) is 1.84. The van der Waals surface area contributed by atoms with Gasteiger partial charge >= 0.3 is 6.43 Å². The molecule has 1 aliphatic heterocycles. The van der Waals surface area contributed by atoms with Crippen molar-refractivity contribution in [3.05, 3.63) is 0 Å². The summed E-state index contributed by atoms with van der Waals surface area (Å²) >= 11 is 0. The van der Waals surface area contributed by atoms with E-state index in [0.717, 1.165) is 4.90 Å². The minimum atomic E-state index is -2.87. The number of nitrogens with one attached hydrogen (secondary N) is 1. The Morgan fingerprint density at radius 2 is 2.18 bits per heavy atom. The van der Waals surface area contributed by atoms with E-state index in [9.17, 15) is 13.6 Å². The van der Waals surface area contributed by atoms with Gasteiger partial charge in [-0.2, -0.15) is 8.78 Å². The van der Waals surface area contributed by atoms with Gasteiger partial charge in [-0.1, -0.05) is 0 Å². The Labute approximate surface area is 63.4 Å². The van der Waals surface area contributed by atoms with Gasteiger partial charge in [-0.05, 0) is 0 Å². The van der Waals surface area contributed by atoms with Gasteiger partial charge in [0.15, 0.2) is 0 Å². The van der Waals surface area contributed by atoms with E-state index in [1.54, 1.807) is 0 Å². The van der Waals surface area contributed by atoms with E-state index in [1.807, 2.05) is 0 Å². The van der Waals surface area contributed by atoms with Crippen LogP contribution in [-0.2, 0) is 4.79 Å². The van der Waals surface area contributed by atoms with E-state index >= 15 is 0 Å². The minimum absolute atomic E-state index is 0.0449. The molecule has 5 heteroatoms. The fourth-order valence-electron chi connectivity index (χ4n) is 0.881. The Morgan fingerprint density at radius 3 is 2.45 bits per heavy atom. The van der Waals surface area contributed by atoms with Gasteiger partial charge in [0, 0.05) is 20.1 Å². The first kappa shape index (κ1) is 8.39. The Bertz CT molecular complexity index is 159. The van der Waals surface area contributed by atoms with Gasteiger partial charge in [-0.3, -0.25) is 4.79 Å². The van der Waals surface area contributed by atoms with Crippen LogP contribution in [0.5, 0.6) is 0 Å². The summed E-state index contributed by atoms with van der Waals surface area (Å²) in [5, 5.41) is 2.90. The fourth-order valence-corrected chi connectivity index (χ4v) is 0.881. The molecule has 0 saturated carbocycles. The molecule has 0 aliphatic carbocycles. The summed E-state index contributed by atoms with van der Waals surface area (Å²) in [7, 11) is 1.40. The molecular weight excluding hydrogens is 154 g/mol. The molecule has 64 valence electrons. The van der Waals surface area contributed by atoms with Crippen LogP contribution in [0.25, 0.3) is 0 Å². The standard InChI is InChI=1S/C6H10F2N2O/c1-10(4-2-9-3-4)6(11)5(7)8/h4-5,9H,2-3H2,1H3. The highest BCUT2D eigenvalue weighted by molar-refractivity contribution is 5.79. The van der Waals surface area contributed by atoms with Crippen LogP contribution in [0.2, 0.25) is 0 Å². The van der Waals surface area contributed by atoms with Crippen LogP contribution >= 0.6 is 0 Å². The molecule has 1 N–H and O–H groups in total. The van der Waals surface area contributed by atoms with Crippen molar-refractivity contribution in [3.63, 3.8) is 0 Å². The molecule has 3 nitrogen and oxygen atoms in total. The zero-order valence-electron chi connectivity index (χ0n) is 6.18. The molecule has 0 radical (unpaired) electrons. The lowest BCUT2D eigenvalue weighted by Crippen LogP contribution is -2.58. The molecule has 0 unspecified atom stereocenters. The zero-order valence-corrected chi connectivity index (χ0v) is 6.18. The molecule has 11 heavy (non-hydrogen) atoms. The third kappa shape index (κ3) is 1.65. The molecule has 0 aromatic heterocycles. The van der Waals surface area contributed by atoms with Gasteiger partial charge in [0.05, 0.1) is 6.04 Å². The summed E-state index contributed by atoms with van der Waals surface area (Å²) in [5.74, 6) is -1.09. The quantitative estimate of drug-likeness (QED) is 0.606. The van der Waals surface area contributed by atoms with Crippen LogP contribution in [0.3, 0.4) is 0 Å². The lowest BCUT2D eigenvalue weighted by molar-refractivity contribution is -0.144. The predicted molar refractivity (Wildman–Crippen MR) is 35.4 cm³/mol. The van der Waals surface area contributed by atoms with E-state index in [-0.39, 0.29) is 6.04 Å². The first-order valence-corrected chi connectivity index (χ1v) is 3.38. The molecule has 0 spiro atoms. The molecule has 1 heterocycles. The molecule has 0 atom stereocenters. The van der Waals surface area contributed by atoms with Crippen molar-refractivity contribution in [2.75, 3.05) is 20.1 Å². The molecular formula is C6H10F2N2O. The number of alkyl halides is 2. The smallest absolute Gasteiger partial charge is 0.315 e. The second kappa shape index (κ2) is 3.13. The highest BCUT2D eigenvalue weighted by atomic mass is 19.3. The Balaban J connectivity index is 2.39. The summed E-state index contributed by atoms with van der Waals surface area (Å²) in [4.78, 5) is 11.7. The fraction of sp³-hybridized carbons (Fsp3) is 0.833. The molecule has 0 aromatic rings. The Hall–Kier alpha value is -0.710. The van der Waals surface area contributed by atoms with E-state index in [0.29, 0.717) is 13.1 Å². The van der Waals surface area contributed by atoms with Crippen LogP contribution in [-0.4, -0.2) is 43.4 Å². The lowest BCUT2D eigenvalue weighted by Gasteiger charge is -2.35. The summed E-state index contributed by atoms with van der Waals surface area (Å²) in [6.45, 7) is 1.24. The average molecular weight is 164 g/mol. The van der Waals surface area contributed by atoms with Crippen molar-refractivity contribution in [1.82, 2.24) is 10.2 Å². The highest BCUT2D eigenvalue weighted by Gasteiger charge is 2.29. The Morgan fingerprint density at radius 1 is 1.64 bits per heavy atom. The maximum Gasteiger partial charge on any atom is 0.315 e. The first-order chi connectivity index (χ1) is 5.13. The highest BCUT2D eigenvalue weighted by Crippen LogP contribution is 2.06. The monoisotopic (exact) mass is 164 g/mol. The van der Waals surface area contributed by atoms with Gasteiger partial charge in [0.1, 0.15) is 0 Å². The van der Waals surface area contributed by atoms with Crippen molar-refractivity contribution < 1.29 is 13.6 Å². The summed E-state index contributed by atoms with van der Waals surface area (Å²) < 4.78 is 23.6. The van der Waals surface area contributed by atoms with Crippen LogP contribution in [0.1, 0.15) is 0 Å². The van der Waals surface area contributed by atoms with Crippen molar-refractivity contribution in [2.24, 2.45) is 0 Å². The van der Waals surface area contributed by atoms with Crippen molar-refractivity contribution in [3.8, 4) is 0 Å². The molecule has 1 saturated heterocycles. The number of likely N-dealkylation sites (N-methyl/N-ethyl adjacent to an activating group) is 1. The summed E-state index contributed by atoms with van der Waals surface area (Å²) in [6.07, 6.45) is -2.87. The minimum Gasteiger partial charge on any atom is -0.335 e. The van der Waals surface area contributed by atoms with Crippen molar-refractivity contribution in [2.45, 2.75) is 12.5 Å². The molecule has 0 bridgehead atoms. The number of nitrogens with zero attached hydrogens (tertiary/aromatic N) is 1. The lowest BCUT2D eigenvalue weighted by atomic mass is 10.1. The number of halogens is 2. The number of amides is 1. The molecule has 0 aromatic carbocycles. The molecule has 1 rings (SSSR count). The SMILES string of the molecule is CN(C(=O)C(F)F)C1CNC1. The largest absolute Gasteiger partial charge is 0.335 e. The van der Waals surface area contributed by atoms with Crippen LogP contribution < -0.4 is 5.32 Å².